The van der Waals surface area contributed by atoms with E-state index >= 15 is 0 Å². The zero-order valence-electron chi connectivity index (χ0n) is 63.0. The van der Waals surface area contributed by atoms with Crippen molar-refractivity contribution in [3.63, 3.8) is 0 Å². The molecule has 0 aromatic heterocycles. The minimum absolute atomic E-state index is 0.104. The summed E-state index contributed by atoms with van der Waals surface area (Å²) in [6.45, 7) is 14.2. The molecule has 3 N–H and O–H groups in total. The molecule has 96 heavy (non-hydrogen) atoms. The molecule has 2 unspecified atom stereocenters. The second-order valence-electron chi connectivity index (χ2n) is 29.7. The van der Waals surface area contributed by atoms with Gasteiger partial charge >= 0.3 is 39.5 Å². The van der Waals surface area contributed by atoms with Crippen molar-refractivity contribution in [2.75, 3.05) is 39.6 Å². The number of aliphatic hydroxyl groups is 1. The van der Waals surface area contributed by atoms with Gasteiger partial charge in [-0.15, -0.1) is 0 Å². The molecule has 570 valence electrons. The molecular formula is C77H150O17P2. The smallest absolute Gasteiger partial charge is 0.462 e. The maximum Gasteiger partial charge on any atom is 0.472 e. The number of esters is 4. The van der Waals surface area contributed by atoms with Gasteiger partial charge in [0.15, 0.2) is 12.2 Å². The average Bonchev–Trinajstić information content (AvgIpc) is 1.54. The summed E-state index contributed by atoms with van der Waals surface area (Å²) < 4.78 is 68.5. The molecule has 0 heterocycles. The predicted octanol–water partition coefficient (Wildman–Crippen LogP) is 22.4. The van der Waals surface area contributed by atoms with Crippen molar-refractivity contribution in [2.45, 2.75) is 408 Å². The molecule has 0 aromatic rings. The average molecular weight is 1410 g/mol. The number of phosphoric acid groups is 2. The molecule has 19 heteroatoms. The number of carbonyl (C=O) groups is 4. The Labute approximate surface area is 588 Å². The van der Waals surface area contributed by atoms with Crippen molar-refractivity contribution in [2.24, 2.45) is 23.7 Å². The Morgan fingerprint density at radius 2 is 0.438 bits per heavy atom. The number of hydrogen-bond acceptors (Lipinski definition) is 15. The number of carbonyl (C=O) groups excluding carboxylic acids is 4. The van der Waals surface area contributed by atoms with E-state index in [1.54, 1.807) is 0 Å². The highest BCUT2D eigenvalue weighted by Gasteiger charge is 2.30. The van der Waals surface area contributed by atoms with E-state index in [2.05, 4.69) is 55.4 Å². The Kier molecular flexibility index (Phi) is 65.0. The molecule has 17 nitrogen and oxygen atoms in total. The summed E-state index contributed by atoms with van der Waals surface area (Å²) in [6, 6.07) is 0. The third kappa shape index (κ3) is 70.5. The Morgan fingerprint density at radius 3 is 0.646 bits per heavy atom. The van der Waals surface area contributed by atoms with E-state index in [0.29, 0.717) is 31.6 Å². The number of phosphoric ester groups is 2. The van der Waals surface area contributed by atoms with Crippen molar-refractivity contribution in [3.05, 3.63) is 0 Å². The molecule has 0 aliphatic carbocycles. The lowest BCUT2D eigenvalue weighted by Gasteiger charge is -2.21. The fourth-order valence-electron chi connectivity index (χ4n) is 11.7. The van der Waals surface area contributed by atoms with Crippen LogP contribution >= 0.6 is 15.6 Å². The zero-order chi connectivity index (χ0) is 71.0. The molecule has 0 aromatic carbocycles. The van der Waals surface area contributed by atoms with Crippen molar-refractivity contribution in [1.82, 2.24) is 0 Å². The molecule has 0 amide bonds. The summed E-state index contributed by atoms with van der Waals surface area (Å²) >= 11 is 0. The molecular weight excluding hydrogens is 1260 g/mol. The highest BCUT2D eigenvalue weighted by molar-refractivity contribution is 7.47. The summed E-state index contributed by atoms with van der Waals surface area (Å²) in [5.74, 6) is 0.896. The monoisotopic (exact) mass is 1410 g/mol. The van der Waals surface area contributed by atoms with E-state index in [-0.39, 0.29) is 25.7 Å². The number of aliphatic hydroxyl groups excluding tert-OH is 1. The second kappa shape index (κ2) is 66.3. The fourth-order valence-corrected chi connectivity index (χ4v) is 13.3. The lowest BCUT2D eigenvalue weighted by Crippen LogP contribution is -2.30. The SMILES string of the molecule is CC(C)CCCCCCCCCCCCCCCCCC(=O)O[C@H](COC(=O)CCCCCCCCCCCCCCCCC(C)C)COP(=O)(O)OC[C@@H](O)COP(=O)(O)OC[C@@H](COC(=O)CCCCCCCCC(C)C)OC(=O)CCCCCCCCCCCC(C)C. The highest BCUT2D eigenvalue weighted by atomic mass is 31.2. The number of unbranched alkanes of at least 4 members (excludes halogenated alkanes) is 40. The van der Waals surface area contributed by atoms with Crippen LogP contribution in [0.3, 0.4) is 0 Å². The van der Waals surface area contributed by atoms with E-state index < -0.39 is 97.5 Å². The third-order valence-electron chi connectivity index (χ3n) is 17.8. The van der Waals surface area contributed by atoms with Crippen molar-refractivity contribution >= 4 is 39.5 Å². The quantitative estimate of drug-likeness (QED) is 0.0222. The molecule has 0 aliphatic rings. The number of rotatable bonds is 74. The van der Waals surface area contributed by atoms with Crippen molar-refractivity contribution < 1.29 is 80.2 Å². The van der Waals surface area contributed by atoms with Crippen LogP contribution in [0.4, 0.5) is 0 Å². The highest BCUT2D eigenvalue weighted by Crippen LogP contribution is 2.45. The lowest BCUT2D eigenvalue weighted by molar-refractivity contribution is -0.161. The van der Waals surface area contributed by atoms with Gasteiger partial charge in [-0.2, -0.15) is 0 Å². The van der Waals surface area contributed by atoms with Crippen LogP contribution in [0.1, 0.15) is 389 Å². The molecule has 5 atom stereocenters. The van der Waals surface area contributed by atoms with Crippen LogP contribution in [0.2, 0.25) is 0 Å². The Balaban J connectivity index is 5.23. The molecule has 0 fully saturated rings. The molecule has 0 aliphatic heterocycles. The molecule has 0 radical (unpaired) electrons. The van der Waals surface area contributed by atoms with Gasteiger partial charge in [0.2, 0.25) is 0 Å². The maximum atomic E-state index is 13.1. The van der Waals surface area contributed by atoms with Gasteiger partial charge < -0.3 is 33.8 Å². The van der Waals surface area contributed by atoms with Crippen LogP contribution in [0.25, 0.3) is 0 Å². The van der Waals surface area contributed by atoms with Gasteiger partial charge in [-0.05, 0) is 49.4 Å². The Hall–Kier alpha value is -1.94. The van der Waals surface area contributed by atoms with Gasteiger partial charge in [0.05, 0.1) is 26.4 Å². The standard InChI is InChI=1S/C77H150O17P2/c1-67(2)53-45-37-29-23-18-14-10-9-11-17-21-27-33-43-51-59-76(81)93-72(63-87-74(79)57-49-41-32-26-20-16-13-12-15-19-24-30-38-46-54-68(3)4)65-91-95(83,84)89-61-71(78)62-90-96(85,86)92-66-73(64-88-75(80)58-50-42-36-35-40-48-56-70(7)8)94-77(82)60-52-44-34-28-22-25-31-39-47-55-69(5)6/h67-73,78H,9-66H2,1-8H3,(H,83,84)(H,85,86)/t71-,72-,73-/m1/s1. The first-order valence-corrected chi connectivity index (χ1v) is 42.7. The Bertz CT molecular complexity index is 1880. The largest absolute Gasteiger partial charge is 0.472 e. The third-order valence-corrected chi connectivity index (χ3v) is 19.7. The minimum Gasteiger partial charge on any atom is -0.462 e. The van der Waals surface area contributed by atoms with Crippen molar-refractivity contribution in [1.29, 1.82) is 0 Å². The summed E-state index contributed by atoms with van der Waals surface area (Å²) in [5.41, 5.74) is 0. The minimum atomic E-state index is -4.96. The predicted molar refractivity (Wildman–Crippen MR) is 391 cm³/mol. The van der Waals surface area contributed by atoms with Crippen LogP contribution in [0, 0.1) is 23.7 Å². The summed E-state index contributed by atoms with van der Waals surface area (Å²) in [6.07, 6.45) is 51.5. The second-order valence-corrected chi connectivity index (χ2v) is 32.6. The van der Waals surface area contributed by atoms with E-state index in [4.69, 9.17) is 37.0 Å². The normalized spacial score (nSPS) is 14.1. The first-order valence-electron chi connectivity index (χ1n) is 39.7. The first-order chi connectivity index (χ1) is 46.1. The van der Waals surface area contributed by atoms with Gasteiger partial charge in [-0.25, -0.2) is 9.13 Å². The van der Waals surface area contributed by atoms with Gasteiger partial charge in [-0.1, -0.05) is 338 Å². The molecule has 0 bridgehead atoms. The van der Waals surface area contributed by atoms with Crippen LogP contribution < -0.4 is 0 Å². The first kappa shape index (κ1) is 94.1. The van der Waals surface area contributed by atoms with Crippen molar-refractivity contribution in [3.8, 4) is 0 Å². The van der Waals surface area contributed by atoms with Crippen LogP contribution in [-0.4, -0.2) is 96.7 Å². The van der Waals surface area contributed by atoms with E-state index in [1.807, 2.05) is 0 Å². The Morgan fingerprint density at radius 1 is 0.260 bits per heavy atom. The summed E-state index contributed by atoms with van der Waals surface area (Å²) in [4.78, 5) is 72.8. The van der Waals surface area contributed by atoms with Crippen LogP contribution in [0.5, 0.6) is 0 Å². The lowest BCUT2D eigenvalue weighted by atomic mass is 10.0. The zero-order valence-corrected chi connectivity index (χ0v) is 64.8. The summed E-state index contributed by atoms with van der Waals surface area (Å²) in [5, 5.41) is 10.6. The fraction of sp³-hybridized carbons (Fsp3) is 0.948. The van der Waals surface area contributed by atoms with Gasteiger partial charge in [0.25, 0.3) is 0 Å². The van der Waals surface area contributed by atoms with Gasteiger partial charge in [-0.3, -0.25) is 37.3 Å². The van der Waals surface area contributed by atoms with Gasteiger partial charge in [0.1, 0.15) is 19.3 Å². The van der Waals surface area contributed by atoms with E-state index in [0.717, 1.165) is 114 Å². The number of hydrogen-bond donors (Lipinski definition) is 3. The molecule has 0 spiro atoms. The molecule has 0 saturated heterocycles. The van der Waals surface area contributed by atoms with Gasteiger partial charge in [0, 0.05) is 25.7 Å². The van der Waals surface area contributed by atoms with Crippen LogP contribution in [0.15, 0.2) is 0 Å². The summed E-state index contributed by atoms with van der Waals surface area (Å²) in [7, 11) is -9.91. The number of ether oxygens (including phenoxy) is 4. The van der Waals surface area contributed by atoms with Crippen LogP contribution in [-0.2, 0) is 65.4 Å². The van der Waals surface area contributed by atoms with E-state index in [9.17, 15) is 43.2 Å². The molecule has 0 rings (SSSR count). The van der Waals surface area contributed by atoms with E-state index in [1.165, 1.54) is 186 Å². The topological polar surface area (TPSA) is 237 Å². The molecule has 0 saturated carbocycles. The maximum absolute atomic E-state index is 13.1.